The van der Waals surface area contributed by atoms with E-state index in [1.807, 2.05) is 0 Å². The summed E-state index contributed by atoms with van der Waals surface area (Å²) in [5.74, 6) is 0.0820. The standard InChI is InChI=1S/C21H30N2O2/c1-4-5-15-6-8-16(9-7-15)18(14(2)3)23-20(25)21(12-13-21)19(24)22-17-10-11-17/h6-9,14,17-18H,4-5,10-13H2,1-3H3,(H,22,24)(H,23,25)/t18-/m1/s1. The number of carbonyl (C=O) groups is 2. The lowest BCUT2D eigenvalue weighted by atomic mass is 9.93. The summed E-state index contributed by atoms with van der Waals surface area (Å²) in [6.07, 6.45) is 5.62. The lowest BCUT2D eigenvalue weighted by Gasteiger charge is -2.26. The van der Waals surface area contributed by atoms with E-state index in [1.165, 1.54) is 5.56 Å². The summed E-state index contributed by atoms with van der Waals surface area (Å²) in [7, 11) is 0. The molecule has 25 heavy (non-hydrogen) atoms. The molecule has 0 aliphatic heterocycles. The molecule has 2 N–H and O–H groups in total. The van der Waals surface area contributed by atoms with E-state index >= 15 is 0 Å². The summed E-state index contributed by atoms with van der Waals surface area (Å²) >= 11 is 0. The van der Waals surface area contributed by atoms with Crippen LogP contribution in [0.4, 0.5) is 0 Å². The van der Waals surface area contributed by atoms with Gasteiger partial charge in [0.15, 0.2) is 0 Å². The zero-order valence-corrected chi connectivity index (χ0v) is 15.6. The molecule has 2 fully saturated rings. The first-order valence-electron chi connectivity index (χ1n) is 9.67. The predicted octanol–water partition coefficient (Wildman–Crippen LogP) is 3.51. The average Bonchev–Trinajstić information content (AvgIpc) is 3.47. The van der Waals surface area contributed by atoms with Gasteiger partial charge in [-0.25, -0.2) is 0 Å². The molecular weight excluding hydrogens is 312 g/mol. The van der Waals surface area contributed by atoms with Gasteiger partial charge < -0.3 is 10.6 Å². The Morgan fingerprint density at radius 1 is 1.12 bits per heavy atom. The number of carbonyl (C=O) groups excluding carboxylic acids is 2. The second-order valence-corrected chi connectivity index (χ2v) is 8.02. The Morgan fingerprint density at radius 2 is 1.76 bits per heavy atom. The Bertz CT molecular complexity index is 628. The van der Waals surface area contributed by atoms with Crippen molar-refractivity contribution in [3.63, 3.8) is 0 Å². The maximum absolute atomic E-state index is 12.9. The SMILES string of the molecule is CCCc1ccc([C@H](NC(=O)C2(C(=O)NC3CC3)CC2)C(C)C)cc1. The molecule has 0 saturated heterocycles. The van der Waals surface area contributed by atoms with Gasteiger partial charge in [0.25, 0.3) is 0 Å². The predicted molar refractivity (Wildman–Crippen MR) is 99.0 cm³/mol. The summed E-state index contributed by atoms with van der Waals surface area (Å²) in [6, 6.07) is 8.75. The molecule has 2 saturated carbocycles. The van der Waals surface area contributed by atoms with Crippen molar-refractivity contribution < 1.29 is 9.59 Å². The fourth-order valence-corrected chi connectivity index (χ4v) is 3.33. The summed E-state index contributed by atoms with van der Waals surface area (Å²) in [5.41, 5.74) is 1.61. The van der Waals surface area contributed by atoms with Crippen LogP contribution < -0.4 is 10.6 Å². The van der Waals surface area contributed by atoms with Crippen molar-refractivity contribution in [2.45, 2.75) is 71.4 Å². The zero-order chi connectivity index (χ0) is 18.0. The molecule has 0 spiro atoms. The fraction of sp³-hybridized carbons (Fsp3) is 0.619. The van der Waals surface area contributed by atoms with Gasteiger partial charge >= 0.3 is 0 Å². The number of aryl methyl sites for hydroxylation is 1. The molecule has 4 nitrogen and oxygen atoms in total. The van der Waals surface area contributed by atoms with E-state index in [2.05, 4.69) is 55.7 Å². The molecule has 0 radical (unpaired) electrons. The quantitative estimate of drug-likeness (QED) is 0.710. The van der Waals surface area contributed by atoms with Crippen LogP contribution in [0.2, 0.25) is 0 Å². The molecule has 3 rings (SSSR count). The number of nitrogens with one attached hydrogen (secondary N) is 2. The highest BCUT2D eigenvalue weighted by Crippen LogP contribution is 2.47. The Kier molecular flexibility index (Phi) is 5.16. The van der Waals surface area contributed by atoms with Gasteiger partial charge in [0.2, 0.25) is 11.8 Å². The third-order valence-electron chi connectivity index (χ3n) is 5.36. The molecule has 1 aromatic rings. The van der Waals surface area contributed by atoms with Crippen LogP contribution in [0.5, 0.6) is 0 Å². The van der Waals surface area contributed by atoms with E-state index in [-0.39, 0.29) is 23.8 Å². The second-order valence-electron chi connectivity index (χ2n) is 8.02. The first kappa shape index (κ1) is 18.0. The lowest BCUT2D eigenvalue weighted by molar-refractivity contribution is -0.137. The summed E-state index contributed by atoms with van der Waals surface area (Å²) in [6.45, 7) is 6.39. The lowest BCUT2D eigenvalue weighted by Crippen LogP contribution is -2.45. The topological polar surface area (TPSA) is 58.2 Å². The van der Waals surface area contributed by atoms with E-state index in [0.717, 1.165) is 31.2 Å². The normalized spacial score (nSPS) is 19.4. The van der Waals surface area contributed by atoms with Gasteiger partial charge in [0, 0.05) is 6.04 Å². The molecule has 0 unspecified atom stereocenters. The van der Waals surface area contributed by atoms with Crippen molar-refractivity contribution in [2.24, 2.45) is 11.3 Å². The van der Waals surface area contributed by atoms with Crippen molar-refractivity contribution in [3.8, 4) is 0 Å². The fourth-order valence-electron chi connectivity index (χ4n) is 3.33. The van der Waals surface area contributed by atoms with Gasteiger partial charge in [-0.3, -0.25) is 9.59 Å². The van der Waals surface area contributed by atoms with Gasteiger partial charge in [0.1, 0.15) is 5.41 Å². The Morgan fingerprint density at radius 3 is 2.24 bits per heavy atom. The largest absolute Gasteiger partial charge is 0.352 e. The molecule has 4 heteroatoms. The highest BCUT2D eigenvalue weighted by molar-refractivity contribution is 6.08. The summed E-state index contributed by atoms with van der Waals surface area (Å²) in [4.78, 5) is 25.3. The molecule has 2 amide bonds. The van der Waals surface area contributed by atoms with Gasteiger partial charge in [-0.1, -0.05) is 51.5 Å². The minimum atomic E-state index is -0.822. The molecule has 2 aliphatic rings. The third-order valence-corrected chi connectivity index (χ3v) is 5.36. The first-order chi connectivity index (χ1) is 12.0. The first-order valence-corrected chi connectivity index (χ1v) is 9.67. The number of benzene rings is 1. The molecule has 1 atom stereocenters. The van der Waals surface area contributed by atoms with Crippen LogP contribution in [0.1, 0.15) is 70.0 Å². The maximum Gasteiger partial charge on any atom is 0.236 e. The minimum absolute atomic E-state index is 0.0608. The van der Waals surface area contributed by atoms with Crippen molar-refractivity contribution in [1.82, 2.24) is 10.6 Å². The van der Waals surface area contributed by atoms with Crippen LogP contribution in [0.15, 0.2) is 24.3 Å². The van der Waals surface area contributed by atoms with Crippen LogP contribution in [0, 0.1) is 11.3 Å². The summed E-state index contributed by atoms with van der Waals surface area (Å²) < 4.78 is 0. The Labute approximate surface area is 150 Å². The van der Waals surface area contributed by atoms with E-state index in [4.69, 9.17) is 0 Å². The zero-order valence-electron chi connectivity index (χ0n) is 15.6. The monoisotopic (exact) mass is 342 g/mol. The highest BCUT2D eigenvalue weighted by atomic mass is 16.2. The van der Waals surface area contributed by atoms with E-state index in [1.54, 1.807) is 0 Å². The van der Waals surface area contributed by atoms with Gasteiger partial charge in [0.05, 0.1) is 6.04 Å². The average molecular weight is 342 g/mol. The minimum Gasteiger partial charge on any atom is -0.352 e. The van der Waals surface area contributed by atoms with Gasteiger partial charge in [-0.15, -0.1) is 0 Å². The van der Waals surface area contributed by atoms with Crippen molar-refractivity contribution >= 4 is 11.8 Å². The molecule has 1 aromatic carbocycles. The highest BCUT2D eigenvalue weighted by Gasteiger charge is 2.57. The molecule has 0 aromatic heterocycles. The van der Waals surface area contributed by atoms with Crippen LogP contribution in [0.25, 0.3) is 0 Å². The number of rotatable bonds is 8. The number of amides is 2. The molecule has 0 heterocycles. The Balaban J connectivity index is 1.68. The van der Waals surface area contributed by atoms with E-state index < -0.39 is 5.41 Å². The third kappa shape index (κ3) is 4.05. The van der Waals surface area contributed by atoms with E-state index in [0.29, 0.717) is 18.9 Å². The van der Waals surface area contributed by atoms with E-state index in [9.17, 15) is 9.59 Å². The van der Waals surface area contributed by atoms with Crippen molar-refractivity contribution in [3.05, 3.63) is 35.4 Å². The van der Waals surface area contributed by atoms with Crippen LogP contribution in [-0.4, -0.2) is 17.9 Å². The van der Waals surface area contributed by atoms with Crippen molar-refractivity contribution in [1.29, 1.82) is 0 Å². The number of hydrogen-bond donors (Lipinski definition) is 2. The molecule has 136 valence electrons. The Hall–Kier alpha value is -1.84. The summed E-state index contributed by atoms with van der Waals surface area (Å²) in [5, 5.41) is 6.16. The molecule has 0 bridgehead atoms. The van der Waals surface area contributed by atoms with Crippen LogP contribution >= 0.6 is 0 Å². The smallest absolute Gasteiger partial charge is 0.236 e. The second kappa shape index (κ2) is 7.19. The van der Waals surface area contributed by atoms with Crippen LogP contribution in [-0.2, 0) is 16.0 Å². The maximum atomic E-state index is 12.9. The molecule has 2 aliphatic carbocycles. The molecular formula is C21H30N2O2. The van der Waals surface area contributed by atoms with Gasteiger partial charge in [-0.2, -0.15) is 0 Å². The van der Waals surface area contributed by atoms with Gasteiger partial charge in [-0.05, 0) is 49.1 Å². The number of hydrogen-bond acceptors (Lipinski definition) is 2. The van der Waals surface area contributed by atoms with Crippen LogP contribution in [0.3, 0.4) is 0 Å². The van der Waals surface area contributed by atoms with Crippen molar-refractivity contribution in [2.75, 3.05) is 0 Å².